The Hall–Kier alpha value is -0.420. The number of nitrogens with zero attached hydrogens (tertiary/aromatic N) is 1. The molecule has 2 nitrogen and oxygen atoms in total. The van der Waals surface area contributed by atoms with Gasteiger partial charge in [-0.1, -0.05) is 11.6 Å². The summed E-state index contributed by atoms with van der Waals surface area (Å²) in [6, 6.07) is 3.63. The lowest BCUT2D eigenvalue weighted by Gasteiger charge is -2.12. The van der Waals surface area contributed by atoms with Crippen molar-refractivity contribution < 1.29 is 0 Å². The highest BCUT2D eigenvalue weighted by molar-refractivity contribution is 9.10. The van der Waals surface area contributed by atoms with Crippen molar-refractivity contribution in [1.82, 2.24) is 4.98 Å². The normalized spacial score (nSPS) is 12.7. The molecular weight excluding hydrogens is 296 g/mol. The van der Waals surface area contributed by atoms with Crippen molar-refractivity contribution in [2.45, 2.75) is 6.04 Å². The molecule has 0 aliphatic rings. The molecule has 0 fully saturated rings. The summed E-state index contributed by atoms with van der Waals surface area (Å²) < 4.78 is 1.02. The Morgan fingerprint density at radius 2 is 2.27 bits per heavy atom. The van der Waals surface area contributed by atoms with Gasteiger partial charge < -0.3 is 5.73 Å². The largest absolute Gasteiger partial charge is 0.320 e. The fraction of sp³-hybridized carbons (Fsp3) is 0.100. The number of pyridine rings is 1. The molecule has 0 aliphatic heterocycles. The summed E-state index contributed by atoms with van der Waals surface area (Å²) in [6.45, 7) is 0. The first kappa shape index (κ1) is 11.1. The van der Waals surface area contributed by atoms with Gasteiger partial charge in [0.25, 0.3) is 0 Å². The highest BCUT2D eigenvalue weighted by Gasteiger charge is 2.15. The quantitative estimate of drug-likeness (QED) is 0.920. The minimum Gasteiger partial charge on any atom is -0.320 e. The number of thiophene rings is 1. The Morgan fingerprint density at radius 1 is 1.47 bits per heavy atom. The third-order valence-corrected chi connectivity index (χ3v) is 4.34. The molecule has 2 heterocycles. The zero-order valence-electron chi connectivity index (χ0n) is 7.65. The molecule has 2 aromatic heterocycles. The molecule has 0 spiro atoms. The van der Waals surface area contributed by atoms with Crippen molar-refractivity contribution >= 4 is 38.9 Å². The third kappa shape index (κ3) is 2.23. The summed E-state index contributed by atoms with van der Waals surface area (Å²) in [5.41, 5.74) is 7.03. The molecule has 0 saturated carbocycles. The Labute approximate surface area is 105 Å². The van der Waals surface area contributed by atoms with Gasteiger partial charge >= 0.3 is 0 Å². The second-order valence-electron chi connectivity index (χ2n) is 3.01. The van der Waals surface area contributed by atoms with E-state index in [1.54, 1.807) is 23.7 Å². The first-order valence-electron chi connectivity index (χ1n) is 4.28. The van der Waals surface area contributed by atoms with Crippen LogP contribution in [0, 0.1) is 0 Å². The van der Waals surface area contributed by atoms with Gasteiger partial charge in [0.05, 0.1) is 11.1 Å². The minimum absolute atomic E-state index is 0.199. The van der Waals surface area contributed by atoms with Gasteiger partial charge in [-0.05, 0) is 39.0 Å². The van der Waals surface area contributed by atoms with Crippen molar-refractivity contribution in [1.29, 1.82) is 0 Å². The fourth-order valence-electron chi connectivity index (χ4n) is 1.31. The van der Waals surface area contributed by atoms with Crippen LogP contribution in [0.4, 0.5) is 0 Å². The molecule has 5 heteroatoms. The highest BCUT2D eigenvalue weighted by Crippen LogP contribution is 2.33. The average Bonchev–Trinajstić information content (AvgIpc) is 2.64. The van der Waals surface area contributed by atoms with Crippen molar-refractivity contribution in [3.63, 3.8) is 0 Å². The Kier molecular flexibility index (Phi) is 3.41. The molecule has 0 aliphatic carbocycles. The zero-order valence-corrected chi connectivity index (χ0v) is 10.8. The lowest BCUT2D eigenvalue weighted by Crippen LogP contribution is -2.11. The number of hydrogen-bond donors (Lipinski definition) is 1. The maximum atomic E-state index is 6.13. The van der Waals surface area contributed by atoms with Crippen molar-refractivity contribution in [2.75, 3.05) is 0 Å². The van der Waals surface area contributed by atoms with Crippen LogP contribution in [0.3, 0.4) is 0 Å². The van der Waals surface area contributed by atoms with Crippen molar-refractivity contribution in [3.8, 4) is 0 Å². The Morgan fingerprint density at radius 3 is 2.87 bits per heavy atom. The number of hydrogen-bond acceptors (Lipinski definition) is 3. The number of halogens is 2. The predicted molar refractivity (Wildman–Crippen MR) is 67.3 cm³/mol. The molecule has 78 valence electrons. The average molecular weight is 304 g/mol. The summed E-state index contributed by atoms with van der Waals surface area (Å²) in [6.07, 6.45) is 3.31. The monoisotopic (exact) mass is 302 g/mol. The third-order valence-electron chi connectivity index (χ3n) is 2.07. The molecule has 0 saturated heterocycles. The molecule has 0 amide bonds. The van der Waals surface area contributed by atoms with Crippen LogP contribution in [-0.2, 0) is 0 Å². The Bertz CT molecular complexity index is 472. The SMILES string of the molecule is NC(c1ccncc1Cl)c1sccc1Br. The zero-order chi connectivity index (χ0) is 10.8. The van der Waals surface area contributed by atoms with Crippen LogP contribution in [0.25, 0.3) is 0 Å². The van der Waals surface area contributed by atoms with E-state index in [0.717, 1.165) is 14.9 Å². The van der Waals surface area contributed by atoms with Crippen LogP contribution in [0.5, 0.6) is 0 Å². The van der Waals surface area contributed by atoms with E-state index in [2.05, 4.69) is 20.9 Å². The number of nitrogens with two attached hydrogens (primary N) is 1. The van der Waals surface area contributed by atoms with E-state index >= 15 is 0 Å². The first-order valence-corrected chi connectivity index (χ1v) is 6.33. The van der Waals surface area contributed by atoms with Crippen LogP contribution in [0.2, 0.25) is 5.02 Å². The number of aromatic nitrogens is 1. The van der Waals surface area contributed by atoms with Gasteiger partial charge in [-0.25, -0.2) is 0 Å². The van der Waals surface area contributed by atoms with Crippen LogP contribution in [0.15, 0.2) is 34.4 Å². The highest BCUT2D eigenvalue weighted by atomic mass is 79.9. The van der Waals surface area contributed by atoms with Gasteiger partial charge in [0.2, 0.25) is 0 Å². The van der Waals surface area contributed by atoms with Crippen LogP contribution in [-0.4, -0.2) is 4.98 Å². The second-order valence-corrected chi connectivity index (χ2v) is 5.22. The topological polar surface area (TPSA) is 38.9 Å². The van der Waals surface area contributed by atoms with Crippen LogP contribution >= 0.6 is 38.9 Å². The molecule has 1 atom stereocenters. The molecule has 0 aromatic carbocycles. The summed E-state index contributed by atoms with van der Waals surface area (Å²) in [7, 11) is 0. The molecule has 0 radical (unpaired) electrons. The maximum Gasteiger partial charge on any atom is 0.0673 e. The smallest absolute Gasteiger partial charge is 0.0673 e. The first-order chi connectivity index (χ1) is 7.20. The second kappa shape index (κ2) is 4.61. The number of rotatable bonds is 2. The van der Waals surface area contributed by atoms with E-state index < -0.39 is 0 Å². The van der Waals surface area contributed by atoms with E-state index in [4.69, 9.17) is 17.3 Å². The Balaban J connectivity index is 2.41. The molecule has 1 unspecified atom stereocenters. The molecule has 0 bridgehead atoms. The molecule has 15 heavy (non-hydrogen) atoms. The van der Waals surface area contributed by atoms with Gasteiger partial charge in [-0.2, -0.15) is 0 Å². The lowest BCUT2D eigenvalue weighted by molar-refractivity contribution is 0.885. The van der Waals surface area contributed by atoms with Crippen LogP contribution < -0.4 is 5.73 Å². The molecule has 2 aromatic rings. The van der Waals surface area contributed by atoms with Crippen molar-refractivity contribution in [2.24, 2.45) is 5.73 Å². The van der Waals surface area contributed by atoms with E-state index in [1.807, 2.05) is 17.5 Å². The standard InChI is InChI=1S/C10H8BrClN2S/c11-7-2-4-15-10(7)9(13)6-1-3-14-5-8(6)12/h1-5,9H,13H2. The maximum absolute atomic E-state index is 6.13. The summed E-state index contributed by atoms with van der Waals surface area (Å²) in [4.78, 5) is 5.01. The minimum atomic E-state index is -0.199. The van der Waals surface area contributed by atoms with Crippen LogP contribution in [0.1, 0.15) is 16.5 Å². The van der Waals surface area contributed by atoms with Gasteiger partial charge in [-0.15, -0.1) is 11.3 Å². The van der Waals surface area contributed by atoms with E-state index in [1.165, 1.54) is 0 Å². The molecular formula is C10H8BrClN2S. The summed E-state index contributed by atoms with van der Waals surface area (Å²) >= 11 is 11.1. The summed E-state index contributed by atoms with van der Waals surface area (Å²) in [5, 5.41) is 2.60. The van der Waals surface area contributed by atoms with E-state index in [9.17, 15) is 0 Å². The van der Waals surface area contributed by atoms with Gasteiger partial charge in [0.1, 0.15) is 0 Å². The molecule has 2 N–H and O–H groups in total. The van der Waals surface area contributed by atoms with E-state index in [0.29, 0.717) is 5.02 Å². The van der Waals surface area contributed by atoms with Crippen molar-refractivity contribution in [3.05, 3.63) is 49.8 Å². The fourth-order valence-corrected chi connectivity index (χ4v) is 3.18. The molecule has 2 rings (SSSR count). The van der Waals surface area contributed by atoms with Gasteiger partial charge in [-0.3, -0.25) is 4.98 Å². The van der Waals surface area contributed by atoms with Gasteiger partial charge in [0.15, 0.2) is 0 Å². The predicted octanol–water partition coefficient (Wildman–Crippen LogP) is 3.61. The summed E-state index contributed by atoms with van der Waals surface area (Å²) in [5.74, 6) is 0. The van der Waals surface area contributed by atoms with Gasteiger partial charge in [0, 0.05) is 21.7 Å². The van der Waals surface area contributed by atoms with E-state index in [-0.39, 0.29) is 6.04 Å². The lowest BCUT2D eigenvalue weighted by atomic mass is 10.1.